The lowest BCUT2D eigenvalue weighted by Crippen LogP contribution is -2.34. The van der Waals surface area contributed by atoms with Gasteiger partial charge < -0.3 is 15.1 Å². The van der Waals surface area contributed by atoms with Gasteiger partial charge in [-0.15, -0.1) is 11.3 Å². The number of carbonyl (C=O) groups is 2. The van der Waals surface area contributed by atoms with Crippen molar-refractivity contribution < 1.29 is 46.1 Å². The number of likely N-dealkylation sites (tertiary alicyclic amines) is 1. The van der Waals surface area contributed by atoms with Crippen LogP contribution in [-0.4, -0.2) is 80.2 Å². The number of pyridine rings is 1. The Labute approximate surface area is 235 Å². The zero-order valence-corrected chi connectivity index (χ0v) is 22.8. The van der Waals surface area contributed by atoms with Crippen LogP contribution in [0.5, 0.6) is 0 Å². The number of rotatable bonds is 4. The lowest BCUT2D eigenvalue weighted by atomic mass is 9.97. The number of thiophene rings is 1. The summed E-state index contributed by atoms with van der Waals surface area (Å²) in [5, 5.41) is 19.1. The van der Waals surface area contributed by atoms with Gasteiger partial charge in [-0.3, -0.25) is 4.90 Å². The van der Waals surface area contributed by atoms with Gasteiger partial charge in [0.15, 0.2) is 11.5 Å². The molecule has 0 radical (unpaired) electrons. The number of halogens is 6. The van der Waals surface area contributed by atoms with Crippen LogP contribution in [0.1, 0.15) is 47.2 Å². The Bertz CT molecular complexity index is 1300. The van der Waals surface area contributed by atoms with E-state index in [1.165, 1.54) is 47.7 Å². The molecular weight excluding hydrogens is 580 g/mol. The van der Waals surface area contributed by atoms with Gasteiger partial charge >= 0.3 is 24.3 Å². The predicted octanol–water partition coefficient (Wildman–Crippen LogP) is 5.35. The standard InChI is InChI=1S/C21H27N5S.2C2HF3O2/c1-16-6-8-19(27-16)15-24-10-4-5-17(13-24)21-22-20-9-7-18(14-26(20)23-21)25-11-2-3-12-25;2*3-2(4,5)1(6)7/h6-9,14,17H,2-5,10-13,15H2,1H3;2*(H,6,7). The Kier molecular flexibility index (Phi) is 10.6. The topological polar surface area (TPSA) is 111 Å². The van der Waals surface area contributed by atoms with Crippen molar-refractivity contribution >= 4 is 34.6 Å². The molecule has 0 bridgehead atoms. The molecule has 2 N–H and O–H groups in total. The number of piperidine rings is 1. The Morgan fingerprint density at radius 3 is 2.10 bits per heavy atom. The van der Waals surface area contributed by atoms with Crippen molar-refractivity contribution in [1.29, 1.82) is 0 Å². The molecule has 0 amide bonds. The highest BCUT2D eigenvalue weighted by atomic mass is 32.1. The SMILES string of the molecule is Cc1ccc(CN2CCCC(c3nc4ccc(N5CCCC5)cn4n3)C2)s1.O=C(O)C(F)(F)F.O=C(O)C(F)(F)F. The Morgan fingerprint density at radius 1 is 0.951 bits per heavy atom. The molecule has 2 aliphatic rings. The Balaban J connectivity index is 0.000000276. The van der Waals surface area contributed by atoms with Crippen LogP contribution in [0.4, 0.5) is 32.0 Å². The average Bonchev–Trinajstić information content (AvgIpc) is 3.64. The number of carboxylic acid groups (broad SMARTS) is 2. The van der Waals surface area contributed by atoms with Crippen LogP contribution in [0, 0.1) is 6.92 Å². The molecule has 2 fully saturated rings. The van der Waals surface area contributed by atoms with Crippen molar-refractivity contribution in [2.45, 2.75) is 57.4 Å². The van der Waals surface area contributed by atoms with Gasteiger partial charge in [-0.05, 0) is 63.4 Å². The molecule has 16 heteroatoms. The fourth-order valence-corrected chi connectivity index (χ4v) is 5.36. The van der Waals surface area contributed by atoms with Crippen molar-refractivity contribution in [1.82, 2.24) is 19.5 Å². The molecule has 5 rings (SSSR count). The zero-order valence-electron chi connectivity index (χ0n) is 22.0. The maximum absolute atomic E-state index is 10.6. The summed E-state index contributed by atoms with van der Waals surface area (Å²) in [7, 11) is 0. The first-order valence-electron chi connectivity index (χ1n) is 12.6. The summed E-state index contributed by atoms with van der Waals surface area (Å²) in [4.78, 5) is 30.5. The largest absolute Gasteiger partial charge is 0.490 e. The fourth-order valence-electron chi connectivity index (χ4n) is 4.43. The van der Waals surface area contributed by atoms with E-state index in [2.05, 4.69) is 47.2 Å². The number of hydrogen-bond acceptors (Lipinski definition) is 7. The molecule has 5 heterocycles. The molecule has 41 heavy (non-hydrogen) atoms. The summed E-state index contributed by atoms with van der Waals surface area (Å²) in [6, 6.07) is 8.82. The third-order valence-corrected chi connectivity index (χ3v) is 7.32. The first-order valence-corrected chi connectivity index (χ1v) is 13.4. The van der Waals surface area contributed by atoms with Gasteiger partial charge in [0.25, 0.3) is 0 Å². The fraction of sp³-hybridized carbons (Fsp3) is 0.520. The van der Waals surface area contributed by atoms with Gasteiger partial charge in [0.05, 0.1) is 11.9 Å². The van der Waals surface area contributed by atoms with Crippen molar-refractivity contribution in [3.63, 3.8) is 0 Å². The lowest BCUT2D eigenvalue weighted by molar-refractivity contribution is -0.193. The Hall–Kier alpha value is -3.40. The van der Waals surface area contributed by atoms with E-state index in [0.29, 0.717) is 5.92 Å². The highest BCUT2D eigenvalue weighted by molar-refractivity contribution is 7.11. The number of hydrogen-bond donors (Lipinski definition) is 2. The molecule has 0 saturated carbocycles. The van der Waals surface area contributed by atoms with Crippen LogP contribution >= 0.6 is 11.3 Å². The van der Waals surface area contributed by atoms with E-state index < -0.39 is 24.3 Å². The smallest absolute Gasteiger partial charge is 0.475 e. The van der Waals surface area contributed by atoms with Crippen LogP contribution in [-0.2, 0) is 16.1 Å². The number of fused-ring (bicyclic) bond motifs is 1. The van der Waals surface area contributed by atoms with Gasteiger partial charge in [-0.25, -0.2) is 19.1 Å². The minimum Gasteiger partial charge on any atom is -0.475 e. The molecule has 3 aromatic heterocycles. The molecule has 3 aromatic rings. The summed E-state index contributed by atoms with van der Waals surface area (Å²) in [6.07, 6.45) is -3.00. The number of aromatic nitrogens is 3. The van der Waals surface area contributed by atoms with Crippen molar-refractivity contribution in [2.24, 2.45) is 0 Å². The molecule has 2 aliphatic heterocycles. The summed E-state index contributed by atoms with van der Waals surface area (Å²) in [6.45, 7) is 7.80. The van der Waals surface area contributed by atoms with E-state index in [1.807, 2.05) is 15.9 Å². The van der Waals surface area contributed by atoms with E-state index in [-0.39, 0.29) is 0 Å². The van der Waals surface area contributed by atoms with Crippen molar-refractivity contribution in [3.05, 3.63) is 46.0 Å². The number of alkyl halides is 6. The molecule has 0 spiro atoms. The third-order valence-electron chi connectivity index (χ3n) is 6.33. The number of aryl methyl sites for hydroxylation is 1. The van der Waals surface area contributed by atoms with E-state index in [1.54, 1.807) is 0 Å². The molecule has 0 aromatic carbocycles. The molecule has 1 unspecified atom stereocenters. The third kappa shape index (κ3) is 9.59. The first kappa shape index (κ1) is 32.1. The first-order chi connectivity index (χ1) is 19.1. The summed E-state index contributed by atoms with van der Waals surface area (Å²) in [5.74, 6) is -4.06. The number of nitrogens with zero attached hydrogens (tertiary/aromatic N) is 5. The lowest BCUT2D eigenvalue weighted by Gasteiger charge is -2.30. The minimum atomic E-state index is -5.08. The summed E-state index contributed by atoms with van der Waals surface area (Å²) >= 11 is 1.91. The second kappa shape index (κ2) is 13.5. The quantitative estimate of drug-likeness (QED) is 0.381. The number of anilines is 1. The molecule has 2 saturated heterocycles. The van der Waals surface area contributed by atoms with Crippen LogP contribution in [0.15, 0.2) is 30.5 Å². The maximum atomic E-state index is 10.6. The second-order valence-corrected chi connectivity index (χ2v) is 10.9. The van der Waals surface area contributed by atoms with Crippen LogP contribution in [0.3, 0.4) is 0 Å². The van der Waals surface area contributed by atoms with Crippen LogP contribution in [0.2, 0.25) is 0 Å². The minimum absolute atomic E-state index is 0.440. The summed E-state index contributed by atoms with van der Waals surface area (Å²) < 4.78 is 65.5. The van der Waals surface area contributed by atoms with E-state index >= 15 is 0 Å². The highest BCUT2D eigenvalue weighted by Gasteiger charge is 2.38. The van der Waals surface area contributed by atoms with Crippen LogP contribution < -0.4 is 4.90 Å². The van der Waals surface area contributed by atoms with E-state index in [9.17, 15) is 26.3 Å². The predicted molar refractivity (Wildman–Crippen MR) is 138 cm³/mol. The number of carboxylic acids is 2. The normalized spacial score (nSPS) is 17.9. The van der Waals surface area contributed by atoms with Gasteiger partial charge in [0.1, 0.15) is 0 Å². The average molecular weight is 610 g/mol. The van der Waals surface area contributed by atoms with E-state index in [4.69, 9.17) is 29.9 Å². The molecular formula is C25H29F6N5O4S. The van der Waals surface area contributed by atoms with Gasteiger partial charge in [0, 0.05) is 41.9 Å². The Morgan fingerprint density at radius 2 is 1.56 bits per heavy atom. The molecule has 226 valence electrons. The van der Waals surface area contributed by atoms with Gasteiger partial charge in [-0.1, -0.05) is 0 Å². The molecule has 9 nitrogen and oxygen atoms in total. The second-order valence-electron chi connectivity index (χ2n) is 9.55. The maximum Gasteiger partial charge on any atom is 0.490 e. The van der Waals surface area contributed by atoms with Crippen molar-refractivity contribution in [2.75, 3.05) is 31.1 Å². The van der Waals surface area contributed by atoms with Crippen LogP contribution in [0.25, 0.3) is 5.65 Å². The molecule has 1 atom stereocenters. The van der Waals surface area contributed by atoms with E-state index in [0.717, 1.165) is 37.7 Å². The van der Waals surface area contributed by atoms with Crippen molar-refractivity contribution in [3.8, 4) is 0 Å². The van der Waals surface area contributed by atoms with Gasteiger partial charge in [-0.2, -0.15) is 31.4 Å². The number of aliphatic carboxylic acids is 2. The monoisotopic (exact) mass is 609 g/mol. The van der Waals surface area contributed by atoms with Gasteiger partial charge in [0.2, 0.25) is 0 Å². The summed E-state index contributed by atoms with van der Waals surface area (Å²) in [5.41, 5.74) is 2.24. The molecule has 0 aliphatic carbocycles. The highest BCUT2D eigenvalue weighted by Crippen LogP contribution is 2.28. The zero-order chi connectivity index (χ0) is 30.4.